The molecule has 1 aliphatic rings. The van der Waals surface area contributed by atoms with E-state index < -0.39 is 0 Å². The van der Waals surface area contributed by atoms with Gasteiger partial charge in [-0.25, -0.2) is 0 Å². The van der Waals surface area contributed by atoms with Crippen LogP contribution in [0.5, 0.6) is 0 Å². The van der Waals surface area contributed by atoms with E-state index in [0.717, 1.165) is 18.5 Å². The van der Waals surface area contributed by atoms with E-state index in [1.807, 2.05) is 44.3 Å². The average Bonchev–Trinajstić information content (AvgIpc) is 2.55. The average molecular weight is 340 g/mol. The van der Waals surface area contributed by atoms with Gasteiger partial charge in [0.2, 0.25) is 11.8 Å². The van der Waals surface area contributed by atoms with Crippen LogP contribution < -0.4 is 10.2 Å². The van der Waals surface area contributed by atoms with E-state index in [-0.39, 0.29) is 36.2 Å². The summed E-state index contributed by atoms with van der Waals surface area (Å²) in [5.74, 6) is -0.0949. The fraction of sp³-hybridized carbons (Fsp3) is 0.529. The third kappa shape index (κ3) is 4.45. The Morgan fingerprint density at radius 3 is 2.65 bits per heavy atom. The van der Waals surface area contributed by atoms with Crippen molar-refractivity contribution in [3.8, 4) is 0 Å². The number of hydrogen-bond donors (Lipinski definition) is 1. The summed E-state index contributed by atoms with van der Waals surface area (Å²) >= 11 is 0. The monoisotopic (exact) mass is 339 g/mol. The van der Waals surface area contributed by atoms with E-state index >= 15 is 0 Å². The number of rotatable bonds is 5. The molecule has 1 heterocycles. The zero-order chi connectivity index (χ0) is 16.1. The standard InChI is InChI=1S/C17H25N3O2.ClH/c1-13(12-18-2)16(21)19(3)15-10-7-11-20(17(15)22)14-8-5-4-6-9-14;/h4-6,8-9,13,15,18H,7,10-12H2,1-3H3;1H. The minimum absolute atomic E-state index is 0. The number of para-hydroxylation sites is 1. The van der Waals surface area contributed by atoms with Crippen molar-refractivity contribution in [3.05, 3.63) is 30.3 Å². The highest BCUT2D eigenvalue weighted by Gasteiger charge is 2.35. The number of benzene rings is 1. The highest BCUT2D eigenvalue weighted by molar-refractivity contribution is 6.00. The number of likely N-dealkylation sites (N-methyl/N-ethyl adjacent to an activating group) is 1. The Morgan fingerprint density at radius 1 is 1.39 bits per heavy atom. The second kappa shape index (κ2) is 8.89. The third-order valence-electron chi connectivity index (χ3n) is 4.23. The first-order chi connectivity index (χ1) is 10.6. The van der Waals surface area contributed by atoms with Gasteiger partial charge < -0.3 is 15.1 Å². The SMILES string of the molecule is CNCC(C)C(=O)N(C)C1CCCN(c2ccccc2)C1=O.Cl. The highest BCUT2D eigenvalue weighted by Crippen LogP contribution is 2.23. The van der Waals surface area contributed by atoms with E-state index in [4.69, 9.17) is 0 Å². The van der Waals surface area contributed by atoms with Crippen molar-refractivity contribution in [3.63, 3.8) is 0 Å². The predicted octanol–water partition coefficient (Wildman–Crippen LogP) is 1.92. The van der Waals surface area contributed by atoms with Crippen LogP contribution in [-0.4, -0.2) is 49.9 Å². The quantitative estimate of drug-likeness (QED) is 0.891. The molecule has 1 aromatic rings. The fourth-order valence-corrected chi connectivity index (χ4v) is 2.97. The van der Waals surface area contributed by atoms with Crippen molar-refractivity contribution in [1.29, 1.82) is 0 Å². The molecule has 6 heteroatoms. The van der Waals surface area contributed by atoms with Crippen molar-refractivity contribution in [2.45, 2.75) is 25.8 Å². The molecule has 1 aromatic carbocycles. The van der Waals surface area contributed by atoms with Gasteiger partial charge in [-0.05, 0) is 32.0 Å². The second-order valence-corrected chi connectivity index (χ2v) is 5.89. The molecule has 1 fully saturated rings. The number of nitrogens with one attached hydrogen (secondary N) is 1. The van der Waals surface area contributed by atoms with Gasteiger partial charge in [0.25, 0.3) is 0 Å². The summed E-state index contributed by atoms with van der Waals surface area (Å²) in [5, 5.41) is 3.01. The molecule has 2 unspecified atom stereocenters. The predicted molar refractivity (Wildman–Crippen MR) is 94.9 cm³/mol. The van der Waals surface area contributed by atoms with Gasteiger partial charge in [0.15, 0.2) is 0 Å². The molecule has 5 nitrogen and oxygen atoms in total. The maximum atomic E-state index is 12.8. The Hall–Kier alpha value is -1.59. The van der Waals surface area contributed by atoms with E-state index in [0.29, 0.717) is 13.1 Å². The van der Waals surface area contributed by atoms with Crippen LogP contribution in [0.15, 0.2) is 30.3 Å². The third-order valence-corrected chi connectivity index (χ3v) is 4.23. The smallest absolute Gasteiger partial charge is 0.249 e. The second-order valence-electron chi connectivity index (χ2n) is 5.89. The van der Waals surface area contributed by atoms with Gasteiger partial charge in [-0.1, -0.05) is 25.1 Å². The Morgan fingerprint density at radius 2 is 2.04 bits per heavy atom. The lowest BCUT2D eigenvalue weighted by Crippen LogP contribution is -2.54. The molecule has 0 saturated carbocycles. The zero-order valence-corrected chi connectivity index (χ0v) is 14.8. The number of carbonyl (C=O) groups excluding carboxylic acids is 2. The Kier molecular flexibility index (Phi) is 7.52. The first-order valence-corrected chi connectivity index (χ1v) is 7.84. The van der Waals surface area contributed by atoms with Crippen LogP contribution >= 0.6 is 12.4 Å². The van der Waals surface area contributed by atoms with Crippen molar-refractivity contribution >= 4 is 29.9 Å². The molecule has 2 rings (SSSR count). The lowest BCUT2D eigenvalue weighted by Gasteiger charge is -2.37. The molecule has 2 atom stereocenters. The number of amides is 2. The molecule has 1 aliphatic heterocycles. The summed E-state index contributed by atoms with van der Waals surface area (Å²) < 4.78 is 0. The maximum absolute atomic E-state index is 12.8. The zero-order valence-electron chi connectivity index (χ0n) is 14.0. The molecular weight excluding hydrogens is 314 g/mol. The fourth-order valence-electron chi connectivity index (χ4n) is 2.97. The van der Waals surface area contributed by atoms with Crippen molar-refractivity contribution in [1.82, 2.24) is 10.2 Å². The van der Waals surface area contributed by atoms with Gasteiger partial charge >= 0.3 is 0 Å². The minimum Gasteiger partial charge on any atom is -0.333 e. The molecule has 0 radical (unpaired) electrons. The number of carbonyl (C=O) groups is 2. The first-order valence-electron chi connectivity index (χ1n) is 7.84. The minimum atomic E-state index is -0.360. The van der Waals surface area contributed by atoms with Gasteiger partial charge in [0.1, 0.15) is 6.04 Å². The van der Waals surface area contributed by atoms with E-state index in [1.165, 1.54) is 0 Å². The van der Waals surface area contributed by atoms with Gasteiger partial charge in [-0.3, -0.25) is 9.59 Å². The van der Waals surface area contributed by atoms with Crippen LogP contribution in [0.4, 0.5) is 5.69 Å². The lowest BCUT2D eigenvalue weighted by atomic mass is 10.0. The molecule has 2 amide bonds. The molecule has 128 valence electrons. The summed E-state index contributed by atoms with van der Waals surface area (Å²) in [5.41, 5.74) is 0.904. The summed E-state index contributed by atoms with van der Waals surface area (Å²) in [7, 11) is 3.57. The van der Waals surface area contributed by atoms with Crippen LogP contribution in [0.1, 0.15) is 19.8 Å². The number of hydrogen-bond acceptors (Lipinski definition) is 3. The molecule has 0 spiro atoms. The van der Waals surface area contributed by atoms with Crippen molar-refractivity contribution < 1.29 is 9.59 Å². The summed E-state index contributed by atoms with van der Waals surface area (Å²) in [6.07, 6.45) is 1.64. The number of halogens is 1. The maximum Gasteiger partial charge on any atom is 0.249 e. The van der Waals surface area contributed by atoms with Crippen LogP contribution in [-0.2, 0) is 9.59 Å². The van der Waals surface area contributed by atoms with Crippen LogP contribution in [0, 0.1) is 5.92 Å². The van der Waals surface area contributed by atoms with Gasteiger partial charge in [-0.15, -0.1) is 12.4 Å². The molecule has 0 aliphatic carbocycles. The molecule has 0 bridgehead atoms. The Labute approximate surface area is 144 Å². The van der Waals surface area contributed by atoms with Crippen molar-refractivity contribution in [2.75, 3.05) is 32.1 Å². The first kappa shape index (κ1) is 19.5. The summed E-state index contributed by atoms with van der Waals surface area (Å²) in [4.78, 5) is 28.6. The lowest BCUT2D eigenvalue weighted by molar-refractivity contribution is -0.141. The van der Waals surface area contributed by atoms with Crippen molar-refractivity contribution in [2.24, 2.45) is 5.92 Å². The largest absolute Gasteiger partial charge is 0.333 e. The van der Waals surface area contributed by atoms with Crippen LogP contribution in [0.25, 0.3) is 0 Å². The number of nitrogens with zero attached hydrogens (tertiary/aromatic N) is 2. The van der Waals surface area contributed by atoms with Gasteiger partial charge in [0, 0.05) is 31.7 Å². The van der Waals surface area contributed by atoms with E-state index in [9.17, 15) is 9.59 Å². The molecule has 1 saturated heterocycles. The molecular formula is C17H26ClN3O2. The molecule has 0 aromatic heterocycles. The summed E-state index contributed by atoms with van der Waals surface area (Å²) in [6.45, 7) is 3.22. The Balaban J connectivity index is 0.00000264. The normalized spacial score (nSPS) is 19.0. The van der Waals surface area contributed by atoms with Crippen LogP contribution in [0.3, 0.4) is 0 Å². The summed E-state index contributed by atoms with van der Waals surface area (Å²) in [6, 6.07) is 9.30. The number of piperidine rings is 1. The topological polar surface area (TPSA) is 52.7 Å². The van der Waals surface area contributed by atoms with Gasteiger partial charge in [0.05, 0.1) is 0 Å². The highest BCUT2D eigenvalue weighted by atomic mass is 35.5. The van der Waals surface area contributed by atoms with Gasteiger partial charge in [-0.2, -0.15) is 0 Å². The Bertz CT molecular complexity index is 524. The van der Waals surface area contributed by atoms with Crippen LogP contribution in [0.2, 0.25) is 0 Å². The molecule has 23 heavy (non-hydrogen) atoms. The number of anilines is 1. The van der Waals surface area contributed by atoms with E-state index in [1.54, 1.807) is 16.8 Å². The molecule has 1 N–H and O–H groups in total. The van der Waals surface area contributed by atoms with E-state index in [2.05, 4.69) is 5.32 Å².